The minimum absolute atomic E-state index is 0.124. The minimum Gasteiger partial charge on any atom is -0.370 e. The number of anilines is 1. The predicted molar refractivity (Wildman–Crippen MR) is 67.9 cm³/mol. The number of carbonyl (C=O) groups is 1. The number of fused-ring (bicyclic) bond motifs is 1. The maximum Gasteiger partial charge on any atom is 0.219 e. The first-order valence-corrected chi connectivity index (χ1v) is 6.08. The van der Waals surface area contributed by atoms with Gasteiger partial charge in [0.05, 0.1) is 5.56 Å². The van der Waals surface area contributed by atoms with Crippen molar-refractivity contribution in [2.45, 2.75) is 38.6 Å². The molecule has 5 heteroatoms. The van der Waals surface area contributed by atoms with Crippen molar-refractivity contribution < 1.29 is 4.79 Å². The van der Waals surface area contributed by atoms with E-state index < -0.39 is 0 Å². The van der Waals surface area contributed by atoms with Gasteiger partial charge in [-0.25, -0.2) is 4.98 Å². The van der Waals surface area contributed by atoms with Gasteiger partial charge in [-0.05, 0) is 37.8 Å². The van der Waals surface area contributed by atoms with Gasteiger partial charge in [-0.15, -0.1) is 0 Å². The van der Waals surface area contributed by atoms with Gasteiger partial charge in [-0.3, -0.25) is 4.79 Å². The van der Waals surface area contributed by atoms with Crippen molar-refractivity contribution in [1.82, 2.24) is 4.98 Å². The van der Waals surface area contributed by atoms with E-state index in [-0.39, 0.29) is 18.4 Å². The van der Waals surface area contributed by atoms with Gasteiger partial charge in [-0.2, -0.15) is 5.26 Å². The number of nitrogens with zero attached hydrogens (tertiary/aromatic N) is 2. The Morgan fingerprint density at radius 1 is 1.67 bits per heavy atom. The van der Waals surface area contributed by atoms with Gasteiger partial charge in [0, 0.05) is 18.2 Å². The summed E-state index contributed by atoms with van der Waals surface area (Å²) in [5.41, 5.74) is 7.90. The van der Waals surface area contributed by atoms with Crippen LogP contribution in [0.3, 0.4) is 0 Å². The van der Waals surface area contributed by atoms with E-state index in [1.54, 1.807) is 0 Å². The van der Waals surface area contributed by atoms with Crippen LogP contribution in [0.1, 0.15) is 36.6 Å². The fourth-order valence-corrected chi connectivity index (χ4v) is 2.25. The molecule has 0 spiro atoms. The zero-order chi connectivity index (χ0) is 13.1. The third-order valence-electron chi connectivity index (χ3n) is 3.06. The van der Waals surface area contributed by atoms with Crippen LogP contribution in [0.5, 0.6) is 0 Å². The molecule has 0 saturated heterocycles. The number of aromatic nitrogens is 1. The standard InChI is InChI=1S/C13H16N4O/c1-8(5-12(15)18)16-13-10(7-14)6-9-3-2-4-11(9)17-13/h6,8H,2-5H2,1H3,(H2,15,18)(H,16,17). The average molecular weight is 244 g/mol. The predicted octanol–water partition coefficient (Wildman–Crippen LogP) is 1.12. The van der Waals surface area contributed by atoms with E-state index in [9.17, 15) is 4.79 Å². The number of amides is 1. The summed E-state index contributed by atoms with van der Waals surface area (Å²) in [4.78, 5) is 15.3. The second-order valence-electron chi connectivity index (χ2n) is 4.67. The summed E-state index contributed by atoms with van der Waals surface area (Å²) < 4.78 is 0. The van der Waals surface area contributed by atoms with Crippen LogP contribution in [-0.2, 0) is 17.6 Å². The highest BCUT2D eigenvalue weighted by atomic mass is 16.1. The number of nitrogens with one attached hydrogen (secondary N) is 1. The monoisotopic (exact) mass is 244 g/mol. The van der Waals surface area contributed by atoms with Gasteiger partial charge in [0.1, 0.15) is 11.9 Å². The first-order valence-electron chi connectivity index (χ1n) is 6.08. The molecule has 18 heavy (non-hydrogen) atoms. The molecule has 1 amide bonds. The highest BCUT2D eigenvalue weighted by Crippen LogP contribution is 2.25. The smallest absolute Gasteiger partial charge is 0.219 e. The summed E-state index contributed by atoms with van der Waals surface area (Å²) in [7, 11) is 0. The molecule has 1 aliphatic rings. The number of pyridine rings is 1. The number of hydrogen-bond donors (Lipinski definition) is 2. The van der Waals surface area contributed by atoms with Gasteiger partial charge < -0.3 is 11.1 Å². The Bertz CT molecular complexity index is 518. The Labute approximate surface area is 106 Å². The van der Waals surface area contributed by atoms with E-state index >= 15 is 0 Å². The van der Waals surface area contributed by atoms with Crippen LogP contribution >= 0.6 is 0 Å². The number of hydrogen-bond acceptors (Lipinski definition) is 4. The molecule has 1 aromatic heterocycles. The van der Waals surface area contributed by atoms with Crippen LogP contribution < -0.4 is 11.1 Å². The number of nitriles is 1. The Hall–Kier alpha value is -2.09. The zero-order valence-corrected chi connectivity index (χ0v) is 10.4. The molecular formula is C13H16N4O. The van der Waals surface area contributed by atoms with Crippen molar-refractivity contribution in [2.75, 3.05) is 5.32 Å². The number of nitrogens with two attached hydrogens (primary N) is 1. The van der Waals surface area contributed by atoms with E-state index in [0.29, 0.717) is 11.4 Å². The van der Waals surface area contributed by atoms with E-state index in [1.165, 1.54) is 5.56 Å². The summed E-state index contributed by atoms with van der Waals surface area (Å²) in [6, 6.07) is 3.92. The lowest BCUT2D eigenvalue weighted by molar-refractivity contribution is -0.118. The summed E-state index contributed by atoms with van der Waals surface area (Å²) >= 11 is 0. The van der Waals surface area contributed by atoms with Crippen LogP contribution in [0.25, 0.3) is 0 Å². The quantitative estimate of drug-likeness (QED) is 0.830. The largest absolute Gasteiger partial charge is 0.370 e. The Morgan fingerprint density at radius 3 is 3.11 bits per heavy atom. The second kappa shape index (κ2) is 5.05. The van der Waals surface area contributed by atoms with Crippen LogP contribution in [-0.4, -0.2) is 16.9 Å². The van der Waals surface area contributed by atoms with E-state index in [2.05, 4.69) is 16.4 Å². The molecule has 0 fully saturated rings. The van der Waals surface area contributed by atoms with Gasteiger partial charge in [0.15, 0.2) is 0 Å². The highest BCUT2D eigenvalue weighted by molar-refractivity contribution is 5.75. The van der Waals surface area contributed by atoms with Crippen molar-refractivity contribution in [3.63, 3.8) is 0 Å². The van der Waals surface area contributed by atoms with Crippen LogP contribution in [0.15, 0.2) is 6.07 Å². The van der Waals surface area contributed by atoms with Crippen LogP contribution in [0, 0.1) is 11.3 Å². The SMILES string of the molecule is CC(CC(N)=O)Nc1nc2c(cc1C#N)CCC2. The molecule has 94 valence electrons. The van der Waals surface area contributed by atoms with Crippen molar-refractivity contribution >= 4 is 11.7 Å². The van der Waals surface area contributed by atoms with Gasteiger partial charge in [0.2, 0.25) is 5.91 Å². The van der Waals surface area contributed by atoms with Crippen LogP contribution in [0.4, 0.5) is 5.82 Å². The highest BCUT2D eigenvalue weighted by Gasteiger charge is 2.17. The maximum absolute atomic E-state index is 10.8. The fraction of sp³-hybridized carbons (Fsp3) is 0.462. The molecule has 1 aromatic rings. The fourth-order valence-electron chi connectivity index (χ4n) is 2.25. The molecule has 0 radical (unpaired) electrons. The number of carbonyl (C=O) groups excluding carboxylic acids is 1. The maximum atomic E-state index is 10.8. The molecule has 1 unspecified atom stereocenters. The molecule has 1 heterocycles. The lowest BCUT2D eigenvalue weighted by Crippen LogP contribution is -2.25. The van der Waals surface area contributed by atoms with Crippen molar-refractivity contribution in [3.8, 4) is 6.07 Å². The normalized spacial score (nSPS) is 14.7. The summed E-state index contributed by atoms with van der Waals surface area (Å²) in [6.45, 7) is 1.85. The summed E-state index contributed by atoms with van der Waals surface area (Å²) in [5, 5.41) is 12.2. The van der Waals surface area contributed by atoms with Gasteiger partial charge in [0.25, 0.3) is 0 Å². The molecule has 0 bridgehead atoms. The lowest BCUT2D eigenvalue weighted by Gasteiger charge is -2.15. The number of rotatable bonds is 4. The minimum atomic E-state index is -0.366. The molecule has 1 atom stereocenters. The van der Waals surface area contributed by atoms with Crippen molar-refractivity contribution in [1.29, 1.82) is 5.26 Å². The van der Waals surface area contributed by atoms with E-state index in [0.717, 1.165) is 25.0 Å². The number of aryl methyl sites for hydroxylation is 2. The molecule has 0 aromatic carbocycles. The molecule has 2 rings (SSSR count). The first kappa shape index (κ1) is 12.4. The molecule has 0 saturated carbocycles. The average Bonchev–Trinajstić information content (AvgIpc) is 2.73. The van der Waals surface area contributed by atoms with Gasteiger partial charge >= 0.3 is 0 Å². The van der Waals surface area contributed by atoms with E-state index in [4.69, 9.17) is 11.0 Å². The van der Waals surface area contributed by atoms with Crippen molar-refractivity contribution in [2.24, 2.45) is 5.73 Å². The topological polar surface area (TPSA) is 91.8 Å². The second-order valence-corrected chi connectivity index (χ2v) is 4.67. The van der Waals surface area contributed by atoms with Crippen LogP contribution in [0.2, 0.25) is 0 Å². The Morgan fingerprint density at radius 2 is 2.44 bits per heavy atom. The molecular weight excluding hydrogens is 228 g/mol. The molecule has 0 aliphatic heterocycles. The zero-order valence-electron chi connectivity index (χ0n) is 10.4. The third kappa shape index (κ3) is 2.59. The Kier molecular flexibility index (Phi) is 3.47. The van der Waals surface area contributed by atoms with Gasteiger partial charge in [-0.1, -0.05) is 0 Å². The first-order chi connectivity index (χ1) is 8.60. The number of primary amides is 1. The molecule has 5 nitrogen and oxygen atoms in total. The summed E-state index contributed by atoms with van der Waals surface area (Å²) in [6.07, 6.45) is 3.27. The molecule has 1 aliphatic carbocycles. The van der Waals surface area contributed by atoms with Crippen molar-refractivity contribution in [3.05, 3.63) is 22.9 Å². The van der Waals surface area contributed by atoms with E-state index in [1.807, 2.05) is 13.0 Å². The lowest BCUT2D eigenvalue weighted by atomic mass is 10.1. The summed E-state index contributed by atoms with van der Waals surface area (Å²) in [5.74, 6) is 0.196. The Balaban J connectivity index is 2.22. The molecule has 3 N–H and O–H groups in total. The third-order valence-corrected chi connectivity index (χ3v) is 3.06.